The summed E-state index contributed by atoms with van der Waals surface area (Å²) in [5.74, 6) is 1.08. The lowest BCUT2D eigenvalue weighted by Crippen LogP contribution is -2.37. The SMILES string of the molecule is O=C(CCC1CCCC1)NC1CCC(Cl)CC1. The minimum atomic E-state index is 0.259. The highest BCUT2D eigenvalue weighted by molar-refractivity contribution is 6.20. The molecule has 2 aliphatic rings. The minimum absolute atomic E-state index is 0.259. The average Bonchev–Trinajstić information content (AvgIpc) is 2.83. The van der Waals surface area contributed by atoms with E-state index in [1.165, 1.54) is 25.7 Å². The van der Waals surface area contributed by atoms with Crippen LogP contribution < -0.4 is 5.32 Å². The summed E-state index contributed by atoms with van der Waals surface area (Å²) in [4.78, 5) is 11.8. The van der Waals surface area contributed by atoms with Crippen LogP contribution in [0.5, 0.6) is 0 Å². The molecule has 2 aliphatic carbocycles. The molecule has 0 saturated heterocycles. The topological polar surface area (TPSA) is 29.1 Å². The Hall–Kier alpha value is -0.240. The summed E-state index contributed by atoms with van der Waals surface area (Å²) in [7, 11) is 0. The molecule has 17 heavy (non-hydrogen) atoms. The lowest BCUT2D eigenvalue weighted by molar-refractivity contribution is -0.122. The van der Waals surface area contributed by atoms with Crippen molar-refractivity contribution in [2.24, 2.45) is 5.92 Å². The Labute approximate surface area is 109 Å². The molecule has 0 spiro atoms. The van der Waals surface area contributed by atoms with Crippen LogP contribution in [0.4, 0.5) is 0 Å². The van der Waals surface area contributed by atoms with Crippen LogP contribution in [0.1, 0.15) is 64.2 Å². The van der Waals surface area contributed by atoms with E-state index in [0.29, 0.717) is 11.4 Å². The predicted molar refractivity (Wildman–Crippen MR) is 71.2 cm³/mol. The molecule has 3 heteroatoms. The molecule has 1 amide bonds. The monoisotopic (exact) mass is 257 g/mol. The molecular formula is C14H24ClNO. The molecule has 98 valence electrons. The Bertz CT molecular complexity index is 243. The van der Waals surface area contributed by atoms with E-state index < -0.39 is 0 Å². The normalized spacial score (nSPS) is 30.4. The zero-order valence-corrected chi connectivity index (χ0v) is 11.3. The standard InChI is InChI=1S/C14H24ClNO/c15-12-6-8-13(9-7-12)16-14(17)10-5-11-3-1-2-4-11/h11-13H,1-10H2,(H,16,17). The van der Waals surface area contributed by atoms with Crippen molar-refractivity contribution in [2.75, 3.05) is 0 Å². The number of nitrogens with one attached hydrogen (secondary N) is 1. The highest BCUT2D eigenvalue weighted by Gasteiger charge is 2.21. The largest absolute Gasteiger partial charge is 0.353 e. The lowest BCUT2D eigenvalue weighted by atomic mass is 9.94. The van der Waals surface area contributed by atoms with Gasteiger partial charge < -0.3 is 5.32 Å². The molecule has 0 atom stereocenters. The number of hydrogen-bond donors (Lipinski definition) is 1. The number of carbonyl (C=O) groups is 1. The zero-order valence-electron chi connectivity index (χ0n) is 10.6. The maximum atomic E-state index is 11.8. The van der Waals surface area contributed by atoms with E-state index in [-0.39, 0.29) is 5.91 Å². The van der Waals surface area contributed by atoms with Gasteiger partial charge in [-0.1, -0.05) is 25.7 Å². The van der Waals surface area contributed by atoms with Gasteiger partial charge in [0.2, 0.25) is 5.91 Å². The Morgan fingerprint density at radius 2 is 1.71 bits per heavy atom. The summed E-state index contributed by atoms with van der Waals surface area (Å²) in [6.45, 7) is 0. The van der Waals surface area contributed by atoms with Crippen LogP contribution in [0.15, 0.2) is 0 Å². The first-order chi connectivity index (χ1) is 8.24. The molecule has 0 unspecified atom stereocenters. The fourth-order valence-electron chi connectivity index (χ4n) is 3.13. The fourth-order valence-corrected chi connectivity index (χ4v) is 3.38. The third-order valence-corrected chi connectivity index (χ3v) is 4.71. The van der Waals surface area contributed by atoms with Crippen molar-refractivity contribution in [1.29, 1.82) is 0 Å². The summed E-state index contributed by atoms with van der Waals surface area (Å²) < 4.78 is 0. The summed E-state index contributed by atoms with van der Waals surface area (Å²) >= 11 is 6.05. The summed E-state index contributed by atoms with van der Waals surface area (Å²) in [6, 6.07) is 0.390. The number of alkyl halides is 1. The van der Waals surface area contributed by atoms with Gasteiger partial charge in [-0.3, -0.25) is 4.79 Å². The first-order valence-corrected chi connectivity index (χ1v) is 7.61. The Morgan fingerprint density at radius 1 is 1.06 bits per heavy atom. The molecular weight excluding hydrogens is 234 g/mol. The van der Waals surface area contributed by atoms with E-state index in [1.54, 1.807) is 0 Å². The zero-order chi connectivity index (χ0) is 12.1. The maximum Gasteiger partial charge on any atom is 0.220 e. The predicted octanol–water partition coefficient (Wildman–Crippen LogP) is 3.62. The van der Waals surface area contributed by atoms with Gasteiger partial charge in [0.05, 0.1) is 0 Å². The Balaban J connectivity index is 1.60. The molecule has 0 radical (unpaired) electrons. The van der Waals surface area contributed by atoms with Crippen LogP contribution >= 0.6 is 11.6 Å². The van der Waals surface area contributed by atoms with Crippen molar-refractivity contribution in [3.05, 3.63) is 0 Å². The van der Waals surface area contributed by atoms with Crippen LogP contribution in [0.3, 0.4) is 0 Å². The van der Waals surface area contributed by atoms with Crippen LogP contribution in [-0.4, -0.2) is 17.3 Å². The highest BCUT2D eigenvalue weighted by Crippen LogP contribution is 2.28. The molecule has 0 bridgehead atoms. The first kappa shape index (κ1) is 13.2. The van der Waals surface area contributed by atoms with Crippen molar-refractivity contribution in [2.45, 2.75) is 75.6 Å². The minimum Gasteiger partial charge on any atom is -0.353 e. The van der Waals surface area contributed by atoms with Gasteiger partial charge in [-0.2, -0.15) is 0 Å². The third kappa shape index (κ3) is 4.50. The quantitative estimate of drug-likeness (QED) is 0.766. The van der Waals surface area contributed by atoms with Gasteiger partial charge >= 0.3 is 0 Å². The molecule has 1 N–H and O–H groups in total. The maximum absolute atomic E-state index is 11.8. The first-order valence-electron chi connectivity index (χ1n) is 7.17. The van der Waals surface area contributed by atoms with Crippen molar-refractivity contribution in [3.63, 3.8) is 0 Å². The molecule has 0 aromatic heterocycles. The third-order valence-electron chi connectivity index (χ3n) is 4.28. The van der Waals surface area contributed by atoms with Gasteiger partial charge in [-0.15, -0.1) is 11.6 Å². The fraction of sp³-hybridized carbons (Fsp3) is 0.929. The van der Waals surface area contributed by atoms with Gasteiger partial charge in [0.15, 0.2) is 0 Å². The van der Waals surface area contributed by atoms with Crippen molar-refractivity contribution in [1.82, 2.24) is 5.32 Å². The summed E-state index contributed by atoms with van der Waals surface area (Å²) in [6.07, 6.45) is 11.5. The van der Waals surface area contributed by atoms with Gasteiger partial charge in [-0.05, 0) is 38.0 Å². The van der Waals surface area contributed by atoms with Gasteiger partial charge in [0, 0.05) is 17.8 Å². The second-order valence-electron chi connectivity index (χ2n) is 5.71. The van der Waals surface area contributed by atoms with E-state index in [9.17, 15) is 4.79 Å². The van der Waals surface area contributed by atoms with Crippen LogP contribution in [0, 0.1) is 5.92 Å². The van der Waals surface area contributed by atoms with E-state index in [2.05, 4.69) is 5.32 Å². The summed E-state index contributed by atoms with van der Waals surface area (Å²) in [5.41, 5.74) is 0. The van der Waals surface area contributed by atoms with Gasteiger partial charge in [0.1, 0.15) is 0 Å². The highest BCUT2D eigenvalue weighted by atomic mass is 35.5. The van der Waals surface area contributed by atoms with Crippen LogP contribution in [0.25, 0.3) is 0 Å². The van der Waals surface area contributed by atoms with Crippen LogP contribution in [-0.2, 0) is 4.79 Å². The molecule has 0 aliphatic heterocycles. The van der Waals surface area contributed by atoms with E-state index in [0.717, 1.165) is 44.4 Å². The lowest BCUT2D eigenvalue weighted by Gasteiger charge is -2.26. The molecule has 0 aromatic rings. The number of carbonyl (C=O) groups excluding carboxylic acids is 1. The molecule has 2 saturated carbocycles. The second kappa shape index (κ2) is 6.63. The van der Waals surface area contributed by atoms with Crippen molar-refractivity contribution in [3.8, 4) is 0 Å². The molecule has 2 nitrogen and oxygen atoms in total. The van der Waals surface area contributed by atoms with E-state index in [1.807, 2.05) is 0 Å². The van der Waals surface area contributed by atoms with Crippen molar-refractivity contribution < 1.29 is 4.79 Å². The molecule has 2 fully saturated rings. The van der Waals surface area contributed by atoms with Crippen LogP contribution in [0.2, 0.25) is 0 Å². The Kier molecular flexibility index (Phi) is 5.15. The van der Waals surface area contributed by atoms with Gasteiger partial charge in [-0.25, -0.2) is 0 Å². The molecule has 0 heterocycles. The average molecular weight is 258 g/mol. The number of halogens is 1. The number of amides is 1. The smallest absolute Gasteiger partial charge is 0.220 e. The molecule has 2 rings (SSSR count). The summed E-state index contributed by atoms with van der Waals surface area (Å²) in [5, 5.41) is 3.50. The van der Waals surface area contributed by atoms with E-state index in [4.69, 9.17) is 11.6 Å². The van der Waals surface area contributed by atoms with Crippen molar-refractivity contribution >= 4 is 17.5 Å². The molecule has 0 aromatic carbocycles. The van der Waals surface area contributed by atoms with E-state index >= 15 is 0 Å². The Morgan fingerprint density at radius 3 is 2.35 bits per heavy atom. The second-order valence-corrected chi connectivity index (χ2v) is 6.32. The van der Waals surface area contributed by atoms with Gasteiger partial charge in [0.25, 0.3) is 0 Å². The number of rotatable bonds is 4. The number of hydrogen-bond acceptors (Lipinski definition) is 1.